The Morgan fingerprint density at radius 1 is 1.18 bits per heavy atom. The zero-order valence-corrected chi connectivity index (χ0v) is 13.5. The molecule has 0 spiro atoms. The second kappa shape index (κ2) is 7.42. The van der Waals surface area contributed by atoms with E-state index in [4.69, 9.17) is 5.73 Å². The van der Waals surface area contributed by atoms with E-state index < -0.39 is 0 Å². The standard InChI is InChI=1S/C17H23FN2O.ClH/c18-15-6-3-13(4-7-15)11-20(10-12-1-2-12)17(21)14-5-8-16(19)9-14;/h3-4,6-7,12,14,16H,1-2,5,8-11,19H2;1H. The van der Waals surface area contributed by atoms with Crippen LogP contribution in [-0.4, -0.2) is 23.4 Å². The van der Waals surface area contributed by atoms with Crippen molar-refractivity contribution in [3.05, 3.63) is 35.6 Å². The lowest BCUT2D eigenvalue weighted by Gasteiger charge is -2.26. The van der Waals surface area contributed by atoms with Gasteiger partial charge >= 0.3 is 0 Å². The topological polar surface area (TPSA) is 46.3 Å². The van der Waals surface area contributed by atoms with Crippen molar-refractivity contribution in [3.8, 4) is 0 Å². The highest BCUT2D eigenvalue weighted by Gasteiger charge is 2.33. The molecule has 3 rings (SSSR count). The fourth-order valence-electron chi connectivity index (χ4n) is 3.15. The molecule has 0 bridgehead atoms. The van der Waals surface area contributed by atoms with Crippen molar-refractivity contribution in [2.24, 2.45) is 17.6 Å². The maximum absolute atomic E-state index is 13.0. The fraction of sp³-hybridized carbons (Fsp3) is 0.588. The van der Waals surface area contributed by atoms with E-state index in [-0.39, 0.29) is 36.1 Å². The number of benzene rings is 1. The zero-order chi connectivity index (χ0) is 14.8. The molecule has 1 aromatic rings. The predicted octanol–water partition coefficient (Wildman–Crippen LogP) is 3.11. The molecule has 1 aromatic carbocycles. The molecule has 22 heavy (non-hydrogen) atoms. The molecule has 2 aliphatic carbocycles. The monoisotopic (exact) mass is 326 g/mol. The molecule has 2 saturated carbocycles. The first-order chi connectivity index (χ1) is 10.1. The summed E-state index contributed by atoms with van der Waals surface area (Å²) in [4.78, 5) is 14.7. The Labute approximate surface area is 137 Å². The van der Waals surface area contributed by atoms with Gasteiger partial charge in [0.05, 0.1) is 0 Å². The summed E-state index contributed by atoms with van der Waals surface area (Å²) in [6.45, 7) is 1.42. The van der Waals surface area contributed by atoms with Gasteiger partial charge in [0, 0.05) is 25.0 Å². The normalized spacial score (nSPS) is 23.9. The van der Waals surface area contributed by atoms with E-state index in [1.165, 1.54) is 25.0 Å². The van der Waals surface area contributed by atoms with Crippen molar-refractivity contribution in [2.75, 3.05) is 6.54 Å². The van der Waals surface area contributed by atoms with Crippen LogP contribution < -0.4 is 5.73 Å². The average molecular weight is 327 g/mol. The van der Waals surface area contributed by atoms with E-state index in [0.29, 0.717) is 12.5 Å². The second-order valence-electron chi connectivity index (χ2n) is 6.56. The van der Waals surface area contributed by atoms with Crippen LogP contribution in [0, 0.1) is 17.7 Å². The van der Waals surface area contributed by atoms with Crippen LogP contribution in [0.2, 0.25) is 0 Å². The molecule has 2 N–H and O–H groups in total. The summed E-state index contributed by atoms with van der Waals surface area (Å²) < 4.78 is 13.0. The van der Waals surface area contributed by atoms with Crippen molar-refractivity contribution in [1.29, 1.82) is 0 Å². The van der Waals surface area contributed by atoms with E-state index >= 15 is 0 Å². The van der Waals surface area contributed by atoms with Crippen molar-refractivity contribution in [3.63, 3.8) is 0 Å². The molecule has 0 saturated heterocycles. The third-order valence-corrected chi connectivity index (χ3v) is 4.60. The van der Waals surface area contributed by atoms with Gasteiger partial charge in [0.25, 0.3) is 0 Å². The van der Waals surface area contributed by atoms with Gasteiger partial charge in [-0.1, -0.05) is 12.1 Å². The van der Waals surface area contributed by atoms with Gasteiger partial charge in [0.1, 0.15) is 5.82 Å². The first kappa shape index (κ1) is 17.2. The van der Waals surface area contributed by atoms with Crippen molar-refractivity contribution < 1.29 is 9.18 Å². The summed E-state index contributed by atoms with van der Waals surface area (Å²) in [5.41, 5.74) is 6.93. The number of carbonyl (C=O) groups excluding carboxylic acids is 1. The van der Waals surface area contributed by atoms with E-state index in [1.54, 1.807) is 12.1 Å². The van der Waals surface area contributed by atoms with Crippen LogP contribution in [0.3, 0.4) is 0 Å². The maximum Gasteiger partial charge on any atom is 0.226 e. The molecular formula is C17H24ClFN2O. The molecule has 0 radical (unpaired) electrons. The van der Waals surface area contributed by atoms with Crippen LogP contribution in [0.15, 0.2) is 24.3 Å². The first-order valence-electron chi connectivity index (χ1n) is 7.90. The third kappa shape index (κ3) is 4.43. The number of nitrogens with zero attached hydrogens (tertiary/aromatic N) is 1. The third-order valence-electron chi connectivity index (χ3n) is 4.60. The summed E-state index contributed by atoms with van der Waals surface area (Å²) in [5, 5.41) is 0. The summed E-state index contributed by atoms with van der Waals surface area (Å²) in [6.07, 6.45) is 5.10. The minimum Gasteiger partial charge on any atom is -0.338 e. The van der Waals surface area contributed by atoms with Crippen LogP contribution in [0.4, 0.5) is 4.39 Å². The SMILES string of the molecule is Cl.NC1CCC(C(=O)N(Cc2ccc(F)cc2)CC2CC2)C1. The van der Waals surface area contributed by atoms with E-state index in [0.717, 1.165) is 31.4 Å². The largest absolute Gasteiger partial charge is 0.338 e. The number of nitrogens with two attached hydrogens (primary N) is 1. The lowest BCUT2D eigenvalue weighted by Crippen LogP contribution is -2.37. The Kier molecular flexibility index (Phi) is 5.81. The Balaban J connectivity index is 0.00000176. The lowest BCUT2D eigenvalue weighted by molar-refractivity contribution is -0.136. The van der Waals surface area contributed by atoms with E-state index in [1.807, 2.05) is 4.90 Å². The lowest BCUT2D eigenvalue weighted by atomic mass is 10.1. The summed E-state index contributed by atoms with van der Waals surface area (Å²) in [6, 6.07) is 6.63. The van der Waals surface area contributed by atoms with Crippen LogP contribution in [0.1, 0.15) is 37.7 Å². The van der Waals surface area contributed by atoms with Gasteiger partial charge in [-0.05, 0) is 55.7 Å². The molecule has 2 atom stereocenters. The highest BCUT2D eigenvalue weighted by molar-refractivity contribution is 5.85. The number of rotatable bonds is 5. The Morgan fingerprint density at radius 3 is 2.41 bits per heavy atom. The highest BCUT2D eigenvalue weighted by Crippen LogP contribution is 2.32. The number of halogens is 2. The second-order valence-corrected chi connectivity index (χ2v) is 6.56. The van der Waals surface area contributed by atoms with Gasteiger partial charge in [0.15, 0.2) is 0 Å². The molecule has 2 aliphatic rings. The highest BCUT2D eigenvalue weighted by atomic mass is 35.5. The maximum atomic E-state index is 13.0. The van der Waals surface area contributed by atoms with Crippen LogP contribution in [-0.2, 0) is 11.3 Å². The van der Waals surface area contributed by atoms with Gasteiger partial charge in [-0.3, -0.25) is 4.79 Å². The quantitative estimate of drug-likeness (QED) is 0.903. The van der Waals surface area contributed by atoms with Gasteiger partial charge in [0.2, 0.25) is 5.91 Å². The zero-order valence-electron chi connectivity index (χ0n) is 12.7. The molecule has 0 aromatic heterocycles. The number of hydrogen-bond acceptors (Lipinski definition) is 2. The fourth-order valence-corrected chi connectivity index (χ4v) is 3.15. The summed E-state index contributed by atoms with van der Waals surface area (Å²) in [5.74, 6) is 0.739. The van der Waals surface area contributed by atoms with Crippen LogP contribution in [0.5, 0.6) is 0 Å². The van der Waals surface area contributed by atoms with Gasteiger partial charge in [-0.15, -0.1) is 12.4 Å². The smallest absolute Gasteiger partial charge is 0.226 e. The van der Waals surface area contributed by atoms with E-state index in [2.05, 4.69) is 0 Å². The van der Waals surface area contributed by atoms with Crippen molar-refractivity contribution >= 4 is 18.3 Å². The van der Waals surface area contributed by atoms with E-state index in [9.17, 15) is 9.18 Å². The molecule has 5 heteroatoms. The molecule has 0 aliphatic heterocycles. The minimum absolute atomic E-state index is 0. The van der Waals surface area contributed by atoms with Crippen LogP contribution >= 0.6 is 12.4 Å². The van der Waals surface area contributed by atoms with Gasteiger partial charge < -0.3 is 10.6 Å². The first-order valence-corrected chi connectivity index (χ1v) is 7.90. The molecular weight excluding hydrogens is 303 g/mol. The van der Waals surface area contributed by atoms with Gasteiger partial charge in [-0.25, -0.2) is 4.39 Å². The molecule has 2 unspecified atom stereocenters. The van der Waals surface area contributed by atoms with Gasteiger partial charge in [-0.2, -0.15) is 0 Å². The molecule has 3 nitrogen and oxygen atoms in total. The number of amides is 1. The van der Waals surface area contributed by atoms with Crippen molar-refractivity contribution in [2.45, 2.75) is 44.7 Å². The van der Waals surface area contributed by atoms with Crippen molar-refractivity contribution in [1.82, 2.24) is 4.90 Å². The average Bonchev–Trinajstić information content (AvgIpc) is 3.19. The Morgan fingerprint density at radius 2 is 1.86 bits per heavy atom. The molecule has 122 valence electrons. The number of hydrogen-bond donors (Lipinski definition) is 1. The molecule has 2 fully saturated rings. The summed E-state index contributed by atoms with van der Waals surface area (Å²) >= 11 is 0. The van der Waals surface area contributed by atoms with Crippen LogP contribution in [0.25, 0.3) is 0 Å². The Bertz CT molecular complexity index is 504. The summed E-state index contributed by atoms with van der Waals surface area (Å²) in [7, 11) is 0. The molecule has 1 amide bonds. The Hall–Kier alpha value is -1.13. The number of carbonyl (C=O) groups is 1. The minimum atomic E-state index is -0.236. The predicted molar refractivity (Wildman–Crippen MR) is 87.1 cm³/mol. The molecule has 0 heterocycles.